The van der Waals surface area contributed by atoms with Crippen LogP contribution in [0.1, 0.15) is 0 Å². The quantitative estimate of drug-likeness (QED) is 0.772. The lowest BCUT2D eigenvalue weighted by molar-refractivity contribution is 0.963. The number of nitrogens with zero attached hydrogens (tertiary/aromatic N) is 4. The Morgan fingerprint density at radius 2 is 1.86 bits per heavy atom. The molecule has 3 aromatic rings. The number of rotatable bonds is 4. The summed E-state index contributed by atoms with van der Waals surface area (Å²) >= 11 is 1.73. The molecule has 0 unspecified atom stereocenters. The molecule has 1 aromatic carbocycles. The van der Waals surface area contributed by atoms with E-state index in [-0.39, 0.29) is 0 Å². The lowest BCUT2D eigenvalue weighted by Crippen LogP contribution is -2.15. The van der Waals surface area contributed by atoms with Crippen LogP contribution in [0.5, 0.6) is 0 Å². The van der Waals surface area contributed by atoms with Crippen molar-refractivity contribution in [2.75, 3.05) is 36.7 Å². The molecule has 3 rings (SSSR count). The highest BCUT2D eigenvalue weighted by Crippen LogP contribution is 2.25. The van der Waals surface area contributed by atoms with Crippen molar-refractivity contribution in [3.63, 3.8) is 0 Å². The zero-order chi connectivity index (χ0) is 14.8. The van der Waals surface area contributed by atoms with Crippen molar-refractivity contribution in [3.8, 4) is 0 Å². The first-order valence-corrected chi connectivity index (χ1v) is 7.39. The van der Waals surface area contributed by atoms with Crippen molar-refractivity contribution in [1.29, 1.82) is 0 Å². The van der Waals surface area contributed by atoms with Crippen LogP contribution in [0, 0.1) is 0 Å². The van der Waals surface area contributed by atoms with Gasteiger partial charge in [0.2, 0.25) is 17.8 Å². The van der Waals surface area contributed by atoms with Gasteiger partial charge >= 0.3 is 0 Å². The van der Waals surface area contributed by atoms with Crippen LogP contribution < -0.4 is 15.5 Å². The summed E-state index contributed by atoms with van der Waals surface area (Å²) in [7, 11) is 5.59. The Balaban J connectivity index is 1.94. The van der Waals surface area contributed by atoms with E-state index in [9.17, 15) is 0 Å². The maximum atomic E-state index is 4.40. The van der Waals surface area contributed by atoms with Crippen molar-refractivity contribution in [1.82, 2.24) is 15.0 Å². The first-order chi connectivity index (χ1) is 10.2. The Morgan fingerprint density at radius 1 is 1.05 bits per heavy atom. The largest absolute Gasteiger partial charge is 0.357 e. The second-order valence-corrected chi connectivity index (χ2v) is 5.67. The fourth-order valence-corrected chi connectivity index (χ4v) is 2.68. The monoisotopic (exact) mass is 300 g/mol. The van der Waals surface area contributed by atoms with E-state index < -0.39 is 0 Å². The third-order valence-electron chi connectivity index (χ3n) is 2.96. The van der Waals surface area contributed by atoms with Crippen LogP contribution in [0.3, 0.4) is 0 Å². The highest BCUT2D eigenvalue weighted by atomic mass is 32.1. The van der Waals surface area contributed by atoms with Gasteiger partial charge in [-0.1, -0.05) is 0 Å². The molecule has 0 aliphatic heterocycles. The topological polar surface area (TPSA) is 66.0 Å². The number of hydrogen-bond acceptors (Lipinski definition) is 7. The summed E-state index contributed by atoms with van der Waals surface area (Å²) in [6, 6.07) is 8.30. The van der Waals surface area contributed by atoms with E-state index in [0.29, 0.717) is 17.8 Å². The fourth-order valence-electron chi connectivity index (χ4n) is 1.91. The number of nitrogens with one attached hydrogen (secondary N) is 2. The average Bonchev–Trinajstić information content (AvgIpc) is 2.94. The first-order valence-electron chi connectivity index (χ1n) is 6.51. The minimum absolute atomic E-state index is 0.521. The predicted octanol–water partition coefficient (Wildman–Crippen LogP) is 2.94. The molecule has 0 saturated carbocycles. The van der Waals surface area contributed by atoms with Gasteiger partial charge in [-0.2, -0.15) is 15.0 Å². The van der Waals surface area contributed by atoms with Gasteiger partial charge in [-0.15, -0.1) is 11.3 Å². The summed E-state index contributed by atoms with van der Waals surface area (Å²) in [5.41, 5.74) is 0.957. The molecule has 21 heavy (non-hydrogen) atoms. The van der Waals surface area contributed by atoms with Gasteiger partial charge in [0, 0.05) is 31.5 Å². The predicted molar refractivity (Wildman–Crippen MR) is 88.8 cm³/mol. The number of hydrogen-bond donors (Lipinski definition) is 2. The van der Waals surface area contributed by atoms with Gasteiger partial charge in [0.1, 0.15) is 0 Å². The number of benzene rings is 1. The van der Waals surface area contributed by atoms with Gasteiger partial charge in [-0.05, 0) is 35.0 Å². The standard InChI is InChI=1S/C14H16N6S/c1-15-12-17-13(19-14(18-12)20(2)3)16-10-4-5-11-9(8-10)6-7-21-11/h4-8H,1-3H3,(H2,15,16,17,18,19). The molecular weight excluding hydrogens is 284 g/mol. The third-order valence-corrected chi connectivity index (χ3v) is 3.85. The lowest BCUT2D eigenvalue weighted by Gasteiger charge is -2.13. The Kier molecular flexibility index (Phi) is 3.57. The van der Waals surface area contributed by atoms with Gasteiger partial charge in [0.25, 0.3) is 0 Å². The van der Waals surface area contributed by atoms with Gasteiger partial charge < -0.3 is 15.5 Å². The van der Waals surface area contributed by atoms with Crippen LogP contribution in [0.15, 0.2) is 29.6 Å². The Bertz CT molecular complexity index is 767. The SMILES string of the molecule is CNc1nc(Nc2ccc3sccc3c2)nc(N(C)C)n1. The van der Waals surface area contributed by atoms with Gasteiger partial charge in [0.05, 0.1) is 0 Å². The molecule has 0 spiro atoms. The second kappa shape index (κ2) is 5.53. The normalized spacial score (nSPS) is 10.6. The molecule has 0 amide bonds. The van der Waals surface area contributed by atoms with E-state index in [1.54, 1.807) is 18.4 Å². The first kappa shape index (κ1) is 13.6. The molecule has 2 aromatic heterocycles. The molecule has 0 radical (unpaired) electrons. The van der Waals surface area contributed by atoms with Crippen LogP contribution in [-0.2, 0) is 0 Å². The third kappa shape index (κ3) is 2.87. The van der Waals surface area contributed by atoms with Crippen molar-refractivity contribution < 1.29 is 0 Å². The van der Waals surface area contributed by atoms with Crippen molar-refractivity contribution in [2.45, 2.75) is 0 Å². The molecule has 7 heteroatoms. The summed E-state index contributed by atoms with van der Waals surface area (Å²) in [6.45, 7) is 0. The molecule has 2 N–H and O–H groups in total. The Hall–Kier alpha value is -2.41. The van der Waals surface area contributed by atoms with Gasteiger partial charge in [-0.25, -0.2) is 0 Å². The molecule has 0 saturated heterocycles. The zero-order valence-electron chi connectivity index (χ0n) is 12.1. The molecule has 0 atom stereocenters. The number of aromatic nitrogens is 3. The maximum absolute atomic E-state index is 4.40. The van der Waals surface area contributed by atoms with Crippen LogP contribution in [-0.4, -0.2) is 36.1 Å². The zero-order valence-corrected chi connectivity index (χ0v) is 12.9. The highest BCUT2D eigenvalue weighted by molar-refractivity contribution is 7.17. The molecule has 2 heterocycles. The molecule has 108 valence electrons. The molecule has 0 fully saturated rings. The smallest absolute Gasteiger partial charge is 0.233 e. The van der Waals surface area contributed by atoms with E-state index in [4.69, 9.17) is 0 Å². The van der Waals surface area contributed by atoms with Crippen LogP contribution in [0.25, 0.3) is 10.1 Å². The molecule has 6 nitrogen and oxygen atoms in total. The van der Waals surface area contributed by atoms with Crippen molar-refractivity contribution >= 4 is 45.0 Å². The van der Waals surface area contributed by atoms with Gasteiger partial charge in [0.15, 0.2) is 0 Å². The van der Waals surface area contributed by atoms with E-state index in [1.165, 1.54) is 10.1 Å². The second-order valence-electron chi connectivity index (χ2n) is 4.73. The molecule has 0 bridgehead atoms. The van der Waals surface area contributed by atoms with E-state index in [1.807, 2.05) is 25.1 Å². The number of thiophene rings is 1. The lowest BCUT2D eigenvalue weighted by atomic mass is 10.2. The van der Waals surface area contributed by atoms with E-state index in [0.717, 1.165) is 5.69 Å². The maximum Gasteiger partial charge on any atom is 0.233 e. The van der Waals surface area contributed by atoms with Crippen LogP contribution in [0.2, 0.25) is 0 Å². The number of anilines is 4. The summed E-state index contributed by atoms with van der Waals surface area (Å²) in [6.07, 6.45) is 0. The summed E-state index contributed by atoms with van der Waals surface area (Å²) in [5, 5.41) is 9.47. The number of fused-ring (bicyclic) bond motifs is 1. The van der Waals surface area contributed by atoms with Crippen molar-refractivity contribution in [2.24, 2.45) is 0 Å². The van der Waals surface area contributed by atoms with Crippen molar-refractivity contribution in [3.05, 3.63) is 29.6 Å². The highest BCUT2D eigenvalue weighted by Gasteiger charge is 2.08. The molecular formula is C14H16N6S. The minimum atomic E-state index is 0.521. The van der Waals surface area contributed by atoms with Crippen LogP contribution in [0.4, 0.5) is 23.5 Å². The molecule has 0 aliphatic carbocycles. The Labute approximate surface area is 126 Å². The molecule has 0 aliphatic rings. The summed E-state index contributed by atoms with van der Waals surface area (Å²) in [4.78, 5) is 14.9. The summed E-state index contributed by atoms with van der Waals surface area (Å²) < 4.78 is 1.26. The fraction of sp³-hybridized carbons (Fsp3) is 0.214. The minimum Gasteiger partial charge on any atom is -0.357 e. The van der Waals surface area contributed by atoms with E-state index >= 15 is 0 Å². The van der Waals surface area contributed by atoms with Gasteiger partial charge in [-0.3, -0.25) is 0 Å². The Morgan fingerprint density at radius 3 is 2.62 bits per heavy atom. The summed E-state index contributed by atoms with van der Waals surface area (Å²) in [5.74, 6) is 1.66. The van der Waals surface area contributed by atoms with Crippen LogP contribution >= 0.6 is 11.3 Å². The average molecular weight is 300 g/mol. The van der Waals surface area contributed by atoms with E-state index in [2.05, 4.69) is 49.2 Å².